The molecule has 0 bridgehead atoms. The highest BCUT2D eigenvalue weighted by Gasteiger charge is 2.15. The molecule has 0 saturated carbocycles. The van der Waals surface area contributed by atoms with Gasteiger partial charge in [-0.05, 0) is 50.2 Å². The predicted molar refractivity (Wildman–Crippen MR) is 109 cm³/mol. The van der Waals surface area contributed by atoms with Gasteiger partial charge in [0.15, 0.2) is 16.8 Å². The van der Waals surface area contributed by atoms with E-state index in [0.29, 0.717) is 28.8 Å². The maximum Gasteiger partial charge on any atom is 0.234 e. The second kappa shape index (κ2) is 8.71. The number of Topliss-reactive ketones (excluding diaryl/α,β-unsaturated/α-hetero) is 1. The van der Waals surface area contributed by atoms with Crippen molar-refractivity contribution in [2.45, 2.75) is 25.5 Å². The molecule has 3 rings (SSSR count). The molecule has 28 heavy (non-hydrogen) atoms. The second-order valence-corrected chi connectivity index (χ2v) is 7.01. The van der Waals surface area contributed by atoms with Crippen molar-refractivity contribution in [3.8, 4) is 17.1 Å². The van der Waals surface area contributed by atoms with E-state index >= 15 is 0 Å². The summed E-state index contributed by atoms with van der Waals surface area (Å²) >= 11 is 1.29. The number of hydrogen-bond acceptors (Lipinski definition) is 6. The number of benzene rings is 2. The lowest BCUT2D eigenvalue weighted by molar-refractivity contribution is -0.113. The zero-order chi connectivity index (χ0) is 20.1. The van der Waals surface area contributed by atoms with Crippen LogP contribution in [0.2, 0.25) is 0 Å². The average molecular weight is 396 g/mol. The van der Waals surface area contributed by atoms with Crippen LogP contribution in [0.5, 0.6) is 5.75 Å². The van der Waals surface area contributed by atoms with Crippen LogP contribution in [0.4, 0.5) is 5.69 Å². The van der Waals surface area contributed by atoms with E-state index < -0.39 is 0 Å². The number of phenolic OH excluding ortho intramolecular Hbond substituents is 1. The van der Waals surface area contributed by atoms with Crippen LogP contribution >= 0.6 is 11.8 Å². The van der Waals surface area contributed by atoms with Crippen LogP contribution in [0.3, 0.4) is 0 Å². The first kappa shape index (κ1) is 19.6. The number of rotatable bonds is 7. The van der Waals surface area contributed by atoms with Crippen molar-refractivity contribution < 1.29 is 14.7 Å². The number of amides is 1. The molecule has 0 aliphatic carbocycles. The Hall–Kier alpha value is -3.13. The fourth-order valence-corrected chi connectivity index (χ4v) is 3.45. The summed E-state index contributed by atoms with van der Waals surface area (Å²) in [5.41, 5.74) is 1.97. The number of anilines is 1. The van der Waals surface area contributed by atoms with E-state index in [-0.39, 0.29) is 23.2 Å². The largest absolute Gasteiger partial charge is 0.508 e. The summed E-state index contributed by atoms with van der Waals surface area (Å²) in [4.78, 5) is 23.7. The van der Waals surface area contributed by atoms with Crippen LogP contribution in [0.1, 0.15) is 24.2 Å². The van der Waals surface area contributed by atoms with E-state index in [2.05, 4.69) is 15.5 Å². The van der Waals surface area contributed by atoms with Gasteiger partial charge < -0.3 is 15.0 Å². The highest BCUT2D eigenvalue weighted by atomic mass is 32.2. The number of hydrogen-bond donors (Lipinski definition) is 2. The molecule has 1 amide bonds. The highest BCUT2D eigenvalue weighted by molar-refractivity contribution is 7.99. The summed E-state index contributed by atoms with van der Waals surface area (Å²) in [7, 11) is 0. The number of aromatic hydroxyl groups is 1. The van der Waals surface area contributed by atoms with Gasteiger partial charge in [-0.3, -0.25) is 9.59 Å². The second-order valence-electron chi connectivity index (χ2n) is 6.07. The van der Waals surface area contributed by atoms with Crippen LogP contribution in [0, 0.1) is 0 Å². The van der Waals surface area contributed by atoms with Crippen molar-refractivity contribution in [3.05, 3.63) is 54.1 Å². The van der Waals surface area contributed by atoms with E-state index in [1.54, 1.807) is 48.5 Å². The van der Waals surface area contributed by atoms with Gasteiger partial charge in [0.2, 0.25) is 5.91 Å². The number of carbonyl (C=O) groups excluding carboxylic acids is 2. The molecule has 0 aliphatic heterocycles. The monoisotopic (exact) mass is 396 g/mol. The van der Waals surface area contributed by atoms with Crippen molar-refractivity contribution in [2.75, 3.05) is 11.1 Å². The zero-order valence-corrected chi connectivity index (χ0v) is 16.4. The lowest BCUT2D eigenvalue weighted by Gasteiger charge is -2.08. The quantitative estimate of drug-likeness (QED) is 0.468. The number of thioether (sulfide) groups is 1. The molecule has 7 nitrogen and oxygen atoms in total. The predicted octanol–water partition coefficient (Wildman–Crippen LogP) is 3.60. The number of nitrogens with one attached hydrogen (secondary N) is 1. The SMILES string of the molecule is CCn1c(SCC(=O)Nc2cccc(C(C)=O)c2)nnc1-c1ccc(O)cc1. The van der Waals surface area contributed by atoms with E-state index in [9.17, 15) is 14.7 Å². The molecule has 1 aromatic heterocycles. The minimum atomic E-state index is -0.192. The molecule has 144 valence electrons. The molecule has 0 aliphatic rings. The molecule has 2 N–H and O–H groups in total. The zero-order valence-electron chi connectivity index (χ0n) is 15.5. The van der Waals surface area contributed by atoms with Gasteiger partial charge in [0.25, 0.3) is 0 Å². The topological polar surface area (TPSA) is 97.1 Å². The maximum absolute atomic E-state index is 12.3. The van der Waals surface area contributed by atoms with Gasteiger partial charge in [-0.2, -0.15) is 0 Å². The van der Waals surface area contributed by atoms with Crippen molar-refractivity contribution >= 4 is 29.1 Å². The molecule has 0 radical (unpaired) electrons. The lowest BCUT2D eigenvalue weighted by atomic mass is 10.1. The van der Waals surface area contributed by atoms with E-state index in [0.717, 1.165) is 5.56 Å². The number of ketones is 1. The Labute approximate surface area is 166 Å². The molecule has 3 aromatic rings. The Balaban J connectivity index is 1.67. The smallest absolute Gasteiger partial charge is 0.234 e. The van der Waals surface area contributed by atoms with E-state index in [1.165, 1.54) is 18.7 Å². The average Bonchev–Trinajstić information content (AvgIpc) is 3.10. The molecule has 0 fully saturated rings. The number of phenols is 1. The summed E-state index contributed by atoms with van der Waals surface area (Å²) in [5, 5.41) is 21.3. The molecule has 0 unspecified atom stereocenters. The molecular weight excluding hydrogens is 376 g/mol. The molecule has 0 saturated heterocycles. The highest BCUT2D eigenvalue weighted by Crippen LogP contribution is 2.25. The van der Waals surface area contributed by atoms with Crippen molar-refractivity contribution in [3.63, 3.8) is 0 Å². The van der Waals surface area contributed by atoms with Gasteiger partial charge in [-0.25, -0.2) is 0 Å². The van der Waals surface area contributed by atoms with Crippen molar-refractivity contribution in [2.24, 2.45) is 0 Å². The fourth-order valence-electron chi connectivity index (χ4n) is 2.65. The standard InChI is InChI=1S/C20H20N4O3S/c1-3-24-19(14-7-9-17(26)10-8-14)22-23-20(24)28-12-18(27)21-16-6-4-5-15(11-16)13(2)25/h4-11,26H,3,12H2,1-2H3,(H,21,27). The summed E-state index contributed by atoms with van der Waals surface area (Å²) in [5.74, 6) is 0.787. The van der Waals surface area contributed by atoms with Crippen molar-refractivity contribution in [1.82, 2.24) is 14.8 Å². The summed E-state index contributed by atoms with van der Waals surface area (Å²) in [6.45, 7) is 4.11. The summed E-state index contributed by atoms with van der Waals surface area (Å²) < 4.78 is 1.92. The fraction of sp³-hybridized carbons (Fsp3) is 0.200. The Morgan fingerprint density at radius 2 is 1.89 bits per heavy atom. The first-order valence-electron chi connectivity index (χ1n) is 8.74. The van der Waals surface area contributed by atoms with Crippen LogP contribution in [-0.4, -0.2) is 37.3 Å². The Bertz CT molecular complexity index is 999. The van der Waals surface area contributed by atoms with Crippen LogP contribution in [-0.2, 0) is 11.3 Å². The first-order chi connectivity index (χ1) is 13.5. The van der Waals surface area contributed by atoms with Gasteiger partial charge >= 0.3 is 0 Å². The Kier molecular flexibility index (Phi) is 6.10. The van der Waals surface area contributed by atoms with E-state index in [1.807, 2.05) is 11.5 Å². The minimum Gasteiger partial charge on any atom is -0.508 e. The molecule has 8 heteroatoms. The molecule has 0 spiro atoms. The van der Waals surface area contributed by atoms with Crippen LogP contribution in [0.15, 0.2) is 53.7 Å². The summed E-state index contributed by atoms with van der Waals surface area (Å²) in [6, 6.07) is 13.6. The van der Waals surface area contributed by atoms with Gasteiger partial charge in [0, 0.05) is 23.4 Å². The normalized spacial score (nSPS) is 10.6. The minimum absolute atomic E-state index is 0.0525. The molecular formula is C20H20N4O3S. The van der Waals surface area contributed by atoms with Crippen molar-refractivity contribution in [1.29, 1.82) is 0 Å². The van der Waals surface area contributed by atoms with Crippen LogP contribution < -0.4 is 5.32 Å². The molecule has 1 heterocycles. The third-order valence-electron chi connectivity index (χ3n) is 4.04. The third kappa shape index (κ3) is 4.58. The Morgan fingerprint density at radius 3 is 2.57 bits per heavy atom. The Morgan fingerprint density at radius 1 is 1.14 bits per heavy atom. The molecule has 2 aromatic carbocycles. The third-order valence-corrected chi connectivity index (χ3v) is 5.01. The lowest BCUT2D eigenvalue weighted by Crippen LogP contribution is -2.15. The first-order valence-corrected chi connectivity index (χ1v) is 9.72. The van der Waals surface area contributed by atoms with Gasteiger partial charge in [0.05, 0.1) is 5.75 Å². The number of carbonyl (C=O) groups is 2. The van der Waals surface area contributed by atoms with Gasteiger partial charge in [-0.15, -0.1) is 10.2 Å². The number of aromatic nitrogens is 3. The van der Waals surface area contributed by atoms with Gasteiger partial charge in [0.1, 0.15) is 5.75 Å². The molecule has 0 atom stereocenters. The maximum atomic E-state index is 12.3. The number of nitrogens with zero attached hydrogens (tertiary/aromatic N) is 3. The van der Waals surface area contributed by atoms with E-state index in [4.69, 9.17) is 0 Å². The summed E-state index contributed by atoms with van der Waals surface area (Å²) in [6.07, 6.45) is 0. The van der Waals surface area contributed by atoms with Gasteiger partial charge in [-0.1, -0.05) is 23.9 Å². The van der Waals surface area contributed by atoms with Crippen LogP contribution in [0.25, 0.3) is 11.4 Å².